The number of carbonyl (C=O) groups excluding carboxylic acids is 3. The summed E-state index contributed by atoms with van der Waals surface area (Å²) in [6, 6.07) is 11.4. The standard InChI is InChI=1S/2C5H5N.2C4H8N2O2.3C2HCl3O2.Co/c2*1-2-4-6-5-3-1;2*1-4(3-5-7)6-8-2;3*3-2(4,5)1(6)7;/h2*1-5H;2*3,7H,1-2H3;3*(H,6,7);/q;;;;;;;+3/p-3. The topological polar surface area (TPSA) is 255 Å². The van der Waals surface area contributed by atoms with Crippen molar-refractivity contribution in [2.75, 3.05) is 14.2 Å². The second kappa shape index (κ2) is 37.9. The van der Waals surface area contributed by atoms with Crippen LogP contribution in [0.4, 0.5) is 0 Å². The molecule has 0 spiro atoms. The van der Waals surface area contributed by atoms with Gasteiger partial charge in [-0.25, -0.2) is 0 Å². The zero-order chi connectivity index (χ0) is 39.5. The molecule has 0 aliphatic rings. The molecular formula is C24H26Cl9CoN6O10. The Hall–Kier alpha value is -2.29. The molecule has 284 valence electrons. The number of aliphatic carboxylic acids is 3. The first-order valence-electron chi connectivity index (χ1n) is 11.5. The minimum atomic E-state index is -2.28. The van der Waals surface area contributed by atoms with Crippen molar-refractivity contribution in [3.63, 3.8) is 0 Å². The maximum Gasteiger partial charge on any atom is 3.00 e. The van der Waals surface area contributed by atoms with E-state index in [1.54, 1.807) is 38.6 Å². The number of oxime groups is 4. The third kappa shape index (κ3) is 57.9. The van der Waals surface area contributed by atoms with Crippen molar-refractivity contribution in [1.29, 1.82) is 0 Å². The molecule has 0 atom stereocenters. The third-order valence-electron chi connectivity index (χ3n) is 2.79. The molecule has 26 heteroatoms. The predicted octanol–water partition coefficient (Wildman–Crippen LogP) is 3.42. The second-order valence-electron chi connectivity index (χ2n) is 6.72. The van der Waals surface area contributed by atoms with Gasteiger partial charge in [0.25, 0.3) is 0 Å². The van der Waals surface area contributed by atoms with E-state index >= 15 is 0 Å². The van der Waals surface area contributed by atoms with Gasteiger partial charge in [-0.2, -0.15) is 0 Å². The summed E-state index contributed by atoms with van der Waals surface area (Å²) in [4.78, 5) is 44.8. The van der Waals surface area contributed by atoms with Crippen LogP contribution in [0.1, 0.15) is 13.8 Å². The van der Waals surface area contributed by atoms with Gasteiger partial charge in [0, 0.05) is 24.8 Å². The largest absolute Gasteiger partial charge is 3.00 e. The van der Waals surface area contributed by atoms with E-state index in [2.05, 4.69) is 40.3 Å². The molecule has 2 rings (SSSR count). The Morgan fingerprint density at radius 3 is 0.860 bits per heavy atom. The predicted molar refractivity (Wildman–Crippen MR) is 185 cm³/mol. The van der Waals surface area contributed by atoms with Crippen LogP contribution in [0.25, 0.3) is 0 Å². The van der Waals surface area contributed by atoms with Crippen LogP contribution in [0.3, 0.4) is 0 Å². The summed E-state index contributed by atoms with van der Waals surface area (Å²) < 4.78 is -6.83. The van der Waals surface area contributed by atoms with Crippen LogP contribution in [-0.2, 0) is 40.8 Å². The molecule has 0 saturated heterocycles. The van der Waals surface area contributed by atoms with E-state index in [0.29, 0.717) is 11.4 Å². The average molecular weight is 937 g/mol. The van der Waals surface area contributed by atoms with Gasteiger partial charge in [-0.1, -0.05) is 137 Å². The van der Waals surface area contributed by atoms with E-state index in [9.17, 15) is 29.7 Å². The van der Waals surface area contributed by atoms with Crippen molar-refractivity contribution < 1.29 is 66.6 Å². The zero-order valence-electron chi connectivity index (χ0n) is 25.5. The SMILES string of the molecule is CON=C(C)C=NO.CON=C(C)C=NO.O=C([O-])C(Cl)(Cl)Cl.O=C([O-])C(Cl)(Cl)Cl.O=C([O-])C(Cl)(Cl)Cl.[Co+3].c1ccncc1.c1ccncc1. The monoisotopic (exact) mass is 932 g/mol. The van der Waals surface area contributed by atoms with E-state index < -0.39 is 29.3 Å². The van der Waals surface area contributed by atoms with E-state index in [4.69, 9.17) is 115 Å². The fraction of sp³-hybridized carbons (Fsp3) is 0.292. The van der Waals surface area contributed by atoms with Crippen molar-refractivity contribution >= 4 is 146 Å². The van der Waals surface area contributed by atoms with Crippen molar-refractivity contribution in [2.45, 2.75) is 25.2 Å². The van der Waals surface area contributed by atoms with Crippen molar-refractivity contribution in [1.82, 2.24) is 9.97 Å². The summed E-state index contributed by atoms with van der Waals surface area (Å²) in [5.74, 6) is -5.13. The smallest absolute Gasteiger partial charge is 0.545 e. The molecule has 2 aromatic heterocycles. The molecule has 0 unspecified atom stereocenters. The first-order valence-corrected chi connectivity index (χ1v) is 14.9. The van der Waals surface area contributed by atoms with Gasteiger partial charge in [-0.05, 0) is 38.1 Å². The molecule has 50 heavy (non-hydrogen) atoms. The number of alkyl halides is 9. The molecule has 0 amide bonds. The fourth-order valence-electron chi connectivity index (χ4n) is 1.13. The molecule has 0 bridgehead atoms. The molecule has 0 fully saturated rings. The molecule has 0 aromatic carbocycles. The minimum absolute atomic E-state index is 0. The second-order valence-corrected chi connectivity index (χ2v) is 13.6. The fourth-order valence-corrected chi connectivity index (χ4v) is 1.13. The van der Waals surface area contributed by atoms with Crippen LogP contribution >= 0.6 is 104 Å². The van der Waals surface area contributed by atoms with Crippen LogP contribution in [-0.4, -0.2) is 87.7 Å². The first kappa shape index (κ1) is 59.8. The summed E-state index contributed by atoms with van der Waals surface area (Å²) >= 11 is 42.6. The van der Waals surface area contributed by atoms with Gasteiger partial charge in [0.05, 0.1) is 41.8 Å². The molecule has 2 N–H and O–H groups in total. The summed E-state index contributed by atoms with van der Waals surface area (Å²) in [6.45, 7) is 3.31. The average Bonchev–Trinajstić information content (AvgIpc) is 3.00. The molecule has 0 radical (unpaired) electrons. The van der Waals surface area contributed by atoms with Crippen LogP contribution in [0.15, 0.2) is 81.8 Å². The summed E-state index contributed by atoms with van der Waals surface area (Å²) in [5.41, 5.74) is 1.05. The number of aromatic nitrogens is 2. The van der Waals surface area contributed by atoms with Crippen LogP contribution in [0, 0.1) is 0 Å². The molecule has 16 nitrogen and oxygen atoms in total. The molecule has 2 heterocycles. The number of nitrogens with zero attached hydrogens (tertiary/aromatic N) is 6. The van der Waals surface area contributed by atoms with Crippen LogP contribution in [0.2, 0.25) is 0 Å². The molecular weight excluding hydrogens is 910 g/mol. The van der Waals surface area contributed by atoms with Gasteiger partial charge in [0.1, 0.15) is 14.2 Å². The van der Waals surface area contributed by atoms with Gasteiger partial charge < -0.3 is 49.8 Å². The van der Waals surface area contributed by atoms with E-state index in [0.717, 1.165) is 0 Å². The van der Waals surface area contributed by atoms with E-state index in [1.165, 1.54) is 26.6 Å². The van der Waals surface area contributed by atoms with Gasteiger partial charge in [-0.15, -0.1) is 0 Å². The number of carboxylic acid groups (broad SMARTS) is 3. The number of rotatable bonds is 4. The normalized spacial score (nSPS) is 10.7. The Morgan fingerprint density at radius 2 is 0.780 bits per heavy atom. The molecule has 2 aromatic rings. The summed E-state index contributed by atoms with van der Waals surface area (Å²) in [5, 5.41) is 56.6. The van der Waals surface area contributed by atoms with Gasteiger partial charge in [0.15, 0.2) is 0 Å². The van der Waals surface area contributed by atoms with Gasteiger partial charge in [0.2, 0.25) is 11.4 Å². The third-order valence-corrected chi connectivity index (χ3v) is 4.18. The van der Waals surface area contributed by atoms with E-state index in [1.807, 2.05) is 36.4 Å². The molecule has 0 aliphatic carbocycles. The number of hydrogen-bond acceptors (Lipinski definition) is 16. The maximum absolute atomic E-state index is 9.51. The van der Waals surface area contributed by atoms with Crippen LogP contribution < -0.4 is 15.3 Å². The Kier molecular flexibility index (Phi) is 45.4. The first-order chi connectivity index (χ1) is 22.4. The quantitative estimate of drug-likeness (QED) is 0.194. The Labute approximate surface area is 341 Å². The Bertz CT molecular complexity index is 1070. The number of pyridine rings is 2. The van der Waals surface area contributed by atoms with Crippen molar-refractivity contribution in [3.8, 4) is 0 Å². The van der Waals surface area contributed by atoms with Gasteiger partial charge >= 0.3 is 16.8 Å². The zero-order valence-corrected chi connectivity index (χ0v) is 33.4. The number of hydrogen-bond donors (Lipinski definition) is 2. The number of carboxylic acids is 3. The Morgan fingerprint density at radius 1 is 0.580 bits per heavy atom. The maximum atomic E-state index is 9.51. The summed E-state index contributed by atoms with van der Waals surface area (Å²) in [6.07, 6.45) is 9.37. The number of carbonyl (C=O) groups is 3. The van der Waals surface area contributed by atoms with Crippen LogP contribution in [0.5, 0.6) is 0 Å². The van der Waals surface area contributed by atoms with E-state index in [-0.39, 0.29) is 16.8 Å². The molecule has 0 aliphatic heterocycles. The Balaban J connectivity index is -0.000000113. The number of halogens is 9. The molecule has 0 saturated carbocycles. The van der Waals surface area contributed by atoms with Crippen molar-refractivity contribution in [2.24, 2.45) is 20.6 Å². The summed E-state index contributed by atoms with van der Waals surface area (Å²) in [7, 11) is 2.85. The van der Waals surface area contributed by atoms with Gasteiger partial charge in [-0.3, -0.25) is 9.97 Å². The minimum Gasteiger partial charge on any atom is -0.545 e. The van der Waals surface area contributed by atoms with Crippen molar-refractivity contribution in [3.05, 3.63) is 61.2 Å².